The molecule has 72 valence electrons. The quantitative estimate of drug-likeness (QED) is 0.367. The SMILES string of the molecule is OCC1OC(O)C(O)C([18F])C1O. The molecule has 0 saturated carbocycles. The van der Waals surface area contributed by atoms with Gasteiger partial charge in [0, 0.05) is 0 Å². The van der Waals surface area contributed by atoms with E-state index in [1.165, 1.54) is 0 Å². The van der Waals surface area contributed by atoms with E-state index >= 15 is 0 Å². The zero-order valence-electron chi connectivity index (χ0n) is 6.17. The number of ether oxygens (including phenoxy) is 1. The van der Waals surface area contributed by atoms with Gasteiger partial charge in [0.2, 0.25) is 0 Å². The molecule has 1 saturated heterocycles. The van der Waals surface area contributed by atoms with Crippen LogP contribution < -0.4 is 0 Å². The van der Waals surface area contributed by atoms with Crippen LogP contribution in [0.3, 0.4) is 0 Å². The molecule has 12 heavy (non-hydrogen) atoms. The first-order valence-electron chi connectivity index (χ1n) is 3.52. The van der Waals surface area contributed by atoms with E-state index in [1.807, 2.05) is 0 Å². The Kier molecular flexibility index (Phi) is 2.97. The molecule has 0 spiro atoms. The molecule has 0 amide bonds. The van der Waals surface area contributed by atoms with Crippen molar-refractivity contribution in [2.24, 2.45) is 0 Å². The zero-order valence-corrected chi connectivity index (χ0v) is 6.17. The van der Waals surface area contributed by atoms with E-state index in [9.17, 15) is 4.39 Å². The van der Waals surface area contributed by atoms with E-state index in [0.717, 1.165) is 0 Å². The molecule has 1 fully saturated rings. The van der Waals surface area contributed by atoms with Gasteiger partial charge in [0.25, 0.3) is 0 Å². The number of hydrogen-bond donors (Lipinski definition) is 4. The molecule has 0 aromatic carbocycles. The third-order valence-corrected chi connectivity index (χ3v) is 1.82. The van der Waals surface area contributed by atoms with Crippen molar-refractivity contribution in [2.75, 3.05) is 6.61 Å². The van der Waals surface area contributed by atoms with Crippen molar-refractivity contribution in [1.82, 2.24) is 0 Å². The van der Waals surface area contributed by atoms with E-state index in [0.29, 0.717) is 0 Å². The van der Waals surface area contributed by atoms with E-state index in [1.54, 1.807) is 0 Å². The molecule has 1 aliphatic rings. The van der Waals surface area contributed by atoms with E-state index in [-0.39, 0.29) is 0 Å². The number of halogens is 1. The first kappa shape index (κ1) is 9.82. The van der Waals surface area contributed by atoms with Gasteiger partial charge in [0.05, 0.1) is 6.61 Å². The van der Waals surface area contributed by atoms with Crippen molar-refractivity contribution >= 4 is 0 Å². The Balaban J connectivity index is 2.63. The predicted octanol–water partition coefficient (Wildman–Crippen LogP) is -2.24. The molecule has 6 heteroatoms. The molecular weight excluding hydrogens is 170 g/mol. The fourth-order valence-corrected chi connectivity index (χ4v) is 1.06. The van der Waals surface area contributed by atoms with Crippen LogP contribution in [-0.2, 0) is 4.74 Å². The summed E-state index contributed by atoms with van der Waals surface area (Å²) in [5.41, 5.74) is 0. The fraction of sp³-hybridized carbons (Fsp3) is 1.00. The summed E-state index contributed by atoms with van der Waals surface area (Å²) < 4.78 is 17.3. The zero-order chi connectivity index (χ0) is 9.30. The van der Waals surface area contributed by atoms with Gasteiger partial charge in [0.1, 0.15) is 18.3 Å². The van der Waals surface area contributed by atoms with E-state index in [2.05, 4.69) is 4.74 Å². The highest BCUT2D eigenvalue weighted by molar-refractivity contribution is 4.88. The van der Waals surface area contributed by atoms with Crippen molar-refractivity contribution in [2.45, 2.75) is 30.8 Å². The van der Waals surface area contributed by atoms with Gasteiger partial charge in [-0.2, -0.15) is 0 Å². The van der Waals surface area contributed by atoms with Gasteiger partial charge in [0.15, 0.2) is 12.5 Å². The highest BCUT2D eigenvalue weighted by atomic mass is 18.2. The predicted molar refractivity (Wildman–Crippen MR) is 34.9 cm³/mol. The Morgan fingerprint density at radius 2 is 1.75 bits per heavy atom. The second kappa shape index (κ2) is 3.63. The minimum Gasteiger partial charge on any atom is -0.394 e. The third-order valence-electron chi connectivity index (χ3n) is 1.82. The van der Waals surface area contributed by atoms with Gasteiger partial charge >= 0.3 is 0 Å². The van der Waals surface area contributed by atoms with Crippen LogP contribution in [0.1, 0.15) is 0 Å². The van der Waals surface area contributed by atoms with Crippen LogP contribution in [0.4, 0.5) is 4.39 Å². The molecule has 0 radical (unpaired) electrons. The molecule has 5 unspecified atom stereocenters. The lowest BCUT2D eigenvalue weighted by Crippen LogP contribution is -2.56. The monoisotopic (exact) mass is 181 g/mol. The highest BCUT2D eigenvalue weighted by Crippen LogP contribution is 2.21. The second-order valence-electron chi connectivity index (χ2n) is 2.67. The molecule has 4 N–H and O–H groups in total. The Hall–Kier alpha value is -0.270. The van der Waals surface area contributed by atoms with Gasteiger partial charge in [-0.1, -0.05) is 0 Å². The molecule has 1 aliphatic heterocycles. The number of aliphatic hydroxyl groups is 4. The fourth-order valence-electron chi connectivity index (χ4n) is 1.06. The van der Waals surface area contributed by atoms with Crippen LogP contribution in [0.15, 0.2) is 0 Å². The maximum atomic E-state index is 12.8. The highest BCUT2D eigenvalue weighted by Gasteiger charge is 2.43. The number of rotatable bonds is 1. The second-order valence-corrected chi connectivity index (χ2v) is 2.67. The number of alkyl halides is 1. The van der Waals surface area contributed by atoms with Crippen molar-refractivity contribution < 1.29 is 29.6 Å². The molecular formula is C6H11FO5. The third kappa shape index (κ3) is 1.57. The molecule has 0 bridgehead atoms. The van der Waals surface area contributed by atoms with Crippen LogP contribution in [0, 0.1) is 0 Å². The lowest BCUT2D eigenvalue weighted by atomic mass is 10.0. The summed E-state index contributed by atoms with van der Waals surface area (Å²) in [5.74, 6) is 0. The van der Waals surface area contributed by atoms with E-state index < -0.39 is 37.4 Å². The van der Waals surface area contributed by atoms with Crippen LogP contribution >= 0.6 is 0 Å². The molecule has 5 atom stereocenters. The average Bonchev–Trinajstić information content (AvgIpc) is 2.08. The van der Waals surface area contributed by atoms with Crippen molar-refractivity contribution in [1.29, 1.82) is 0 Å². The summed E-state index contributed by atoms with van der Waals surface area (Å²) in [4.78, 5) is 0. The number of aliphatic hydroxyl groups excluding tert-OH is 4. The largest absolute Gasteiger partial charge is 0.394 e. The maximum Gasteiger partial charge on any atom is 0.184 e. The number of hydrogen-bond acceptors (Lipinski definition) is 5. The van der Waals surface area contributed by atoms with Gasteiger partial charge in [-0.25, -0.2) is 4.39 Å². The summed E-state index contributed by atoms with van der Waals surface area (Å²) >= 11 is 0. The Labute approximate surface area is 68.0 Å². The van der Waals surface area contributed by atoms with Gasteiger partial charge in [-0.3, -0.25) is 0 Å². The summed E-state index contributed by atoms with van der Waals surface area (Å²) in [6, 6.07) is 0. The first-order valence-corrected chi connectivity index (χ1v) is 3.52. The van der Waals surface area contributed by atoms with Crippen LogP contribution in [0.2, 0.25) is 0 Å². The van der Waals surface area contributed by atoms with Crippen LogP contribution in [-0.4, -0.2) is 57.8 Å². The van der Waals surface area contributed by atoms with E-state index in [4.69, 9.17) is 20.4 Å². The van der Waals surface area contributed by atoms with Crippen LogP contribution in [0.25, 0.3) is 0 Å². The average molecular weight is 181 g/mol. The minimum atomic E-state index is -1.99. The Morgan fingerprint density at radius 1 is 1.17 bits per heavy atom. The molecule has 0 aliphatic carbocycles. The molecule has 5 nitrogen and oxygen atoms in total. The molecule has 1 heterocycles. The van der Waals surface area contributed by atoms with Gasteiger partial charge in [-0.05, 0) is 0 Å². The lowest BCUT2D eigenvalue weighted by Gasteiger charge is -2.36. The Morgan fingerprint density at radius 3 is 2.25 bits per heavy atom. The van der Waals surface area contributed by atoms with Crippen molar-refractivity contribution in [3.63, 3.8) is 0 Å². The maximum absolute atomic E-state index is 12.8. The Bertz CT molecular complexity index is 150. The molecule has 0 aromatic heterocycles. The normalized spacial score (nSPS) is 49.2. The molecule has 0 aromatic rings. The lowest BCUT2D eigenvalue weighted by molar-refractivity contribution is -0.274. The van der Waals surface area contributed by atoms with Crippen molar-refractivity contribution in [3.8, 4) is 0 Å². The smallest absolute Gasteiger partial charge is 0.184 e. The summed E-state index contributed by atoms with van der Waals surface area (Å²) in [5, 5.41) is 35.2. The topological polar surface area (TPSA) is 90.2 Å². The first-order chi connectivity index (χ1) is 5.57. The van der Waals surface area contributed by atoms with Gasteiger partial charge < -0.3 is 25.2 Å². The summed E-state index contributed by atoms with van der Waals surface area (Å²) in [6.45, 7) is -0.606. The van der Waals surface area contributed by atoms with Crippen LogP contribution in [0.5, 0.6) is 0 Å². The summed E-state index contributed by atoms with van der Waals surface area (Å²) in [6.07, 6.45) is -8.24. The van der Waals surface area contributed by atoms with Crippen molar-refractivity contribution in [3.05, 3.63) is 0 Å². The summed E-state index contributed by atoms with van der Waals surface area (Å²) in [7, 11) is 0. The van der Waals surface area contributed by atoms with Gasteiger partial charge in [-0.15, -0.1) is 0 Å². The molecule has 1 rings (SSSR count). The minimum absolute atomic E-state index is 0.606. The standard InChI is InChI=1S/C6H11FO5/c7-3-4(9)2(1-8)12-6(11)5(3)10/h2-6,8-11H,1H2/i7-1.